The van der Waals surface area contributed by atoms with Crippen LogP contribution in [0.15, 0.2) is 128 Å². The van der Waals surface area contributed by atoms with Crippen LogP contribution in [0.4, 0.5) is 0 Å². The number of pyridine rings is 1. The van der Waals surface area contributed by atoms with Gasteiger partial charge in [0.2, 0.25) is 0 Å². The Hall–Kier alpha value is -5.21. The van der Waals surface area contributed by atoms with Crippen LogP contribution in [0.3, 0.4) is 0 Å². The molecule has 0 saturated heterocycles. The van der Waals surface area contributed by atoms with Crippen molar-refractivity contribution >= 4 is 38.8 Å². The standard InChI is InChI=1S/C41H32N2/c1-27-9-8-16-39(43-27)34-24-33(25-42-26-34)29-17-20-30(21-18-29)40-35-12-4-6-14-37(35)41(38-15-7-5-13-36(38)40)32-22-19-28-10-2-3-11-31(28)23-32/h2,4-10,12-24,26,42H,3,11,25H2,1H3. The quantitative estimate of drug-likeness (QED) is 0.220. The molecule has 0 radical (unpaired) electrons. The van der Waals surface area contributed by atoms with Crippen LogP contribution < -0.4 is 5.32 Å². The lowest BCUT2D eigenvalue weighted by Crippen LogP contribution is -2.14. The Kier molecular flexibility index (Phi) is 6.26. The third-order valence-corrected chi connectivity index (χ3v) is 8.85. The van der Waals surface area contributed by atoms with E-state index in [1.807, 2.05) is 13.0 Å². The average Bonchev–Trinajstić information content (AvgIpc) is 3.07. The van der Waals surface area contributed by atoms with Crippen LogP contribution in [0, 0.1) is 6.92 Å². The molecule has 1 aliphatic heterocycles. The summed E-state index contributed by atoms with van der Waals surface area (Å²) in [6.07, 6.45) is 11.1. The van der Waals surface area contributed by atoms with Gasteiger partial charge in [-0.3, -0.25) is 4.98 Å². The van der Waals surface area contributed by atoms with Crippen molar-refractivity contribution in [1.82, 2.24) is 10.3 Å². The Morgan fingerprint density at radius 2 is 1.30 bits per heavy atom. The van der Waals surface area contributed by atoms with Gasteiger partial charge in [-0.15, -0.1) is 0 Å². The first kappa shape index (κ1) is 25.5. The maximum Gasteiger partial charge on any atom is 0.0719 e. The van der Waals surface area contributed by atoms with E-state index < -0.39 is 0 Å². The molecule has 1 aromatic heterocycles. The molecule has 5 aromatic carbocycles. The first-order valence-electron chi connectivity index (χ1n) is 15.2. The molecule has 6 aromatic rings. The highest BCUT2D eigenvalue weighted by Crippen LogP contribution is 2.44. The fourth-order valence-electron chi connectivity index (χ4n) is 6.78. The van der Waals surface area contributed by atoms with Gasteiger partial charge in [0.15, 0.2) is 0 Å². The summed E-state index contributed by atoms with van der Waals surface area (Å²) < 4.78 is 0. The normalized spacial score (nSPS) is 14.3. The number of benzene rings is 5. The highest BCUT2D eigenvalue weighted by Gasteiger charge is 2.18. The predicted molar refractivity (Wildman–Crippen MR) is 183 cm³/mol. The van der Waals surface area contributed by atoms with E-state index in [0.29, 0.717) is 0 Å². The molecule has 43 heavy (non-hydrogen) atoms. The van der Waals surface area contributed by atoms with Crippen molar-refractivity contribution < 1.29 is 0 Å². The van der Waals surface area contributed by atoms with Gasteiger partial charge in [0.25, 0.3) is 0 Å². The van der Waals surface area contributed by atoms with E-state index in [0.717, 1.165) is 36.3 Å². The summed E-state index contributed by atoms with van der Waals surface area (Å²) in [7, 11) is 0. The van der Waals surface area contributed by atoms with Gasteiger partial charge in [0, 0.05) is 24.0 Å². The van der Waals surface area contributed by atoms with Crippen LogP contribution in [0.1, 0.15) is 34.5 Å². The van der Waals surface area contributed by atoms with E-state index >= 15 is 0 Å². The lowest BCUT2D eigenvalue weighted by atomic mass is 9.84. The Morgan fingerprint density at radius 3 is 2.00 bits per heavy atom. The van der Waals surface area contributed by atoms with Gasteiger partial charge in [0.1, 0.15) is 0 Å². The molecule has 2 nitrogen and oxygen atoms in total. The zero-order chi connectivity index (χ0) is 28.8. The minimum atomic E-state index is 0.797. The van der Waals surface area contributed by atoms with Crippen LogP contribution in [0.25, 0.3) is 61.0 Å². The minimum absolute atomic E-state index is 0.797. The number of rotatable bonds is 4. The fourth-order valence-corrected chi connectivity index (χ4v) is 6.78. The highest BCUT2D eigenvalue weighted by molar-refractivity contribution is 6.21. The second kappa shape index (κ2) is 10.6. The number of hydrogen-bond donors (Lipinski definition) is 1. The summed E-state index contributed by atoms with van der Waals surface area (Å²) in [6.45, 7) is 2.83. The maximum absolute atomic E-state index is 4.73. The van der Waals surface area contributed by atoms with Crippen LogP contribution in [-0.4, -0.2) is 11.5 Å². The third-order valence-electron chi connectivity index (χ3n) is 8.85. The predicted octanol–water partition coefficient (Wildman–Crippen LogP) is 10.0. The molecule has 0 saturated carbocycles. The summed E-state index contributed by atoms with van der Waals surface area (Å²) in [5, 5.41) is 8.63. The summed E-state index contributed by atoms with van der Waals surface area (Å²) in [6, 6.07) is 40.1. The average molecular weight is 553 g/mol. The molecular formula is C41H32N2. The van der Waals surface area contributed by atoms with E-state index in [4.69, 9.17) is 4.98 Å². The van der Waals surface area contributed by atoms with Crippen molar-refractivity contribution in [2.45, 2.75) is 19.8 Å². The van der Waals surface area contributed by atoms with Gasteiger partial charge < -0.3 is 5.32 Å². The van der Waals surface area contributed by atoms with Crippen LogP contribution in [0.5, 0.6) is 0 Å². The number of dihydropyridines is 1. The molecule has 1 aliphatic carbocycles. The Bertz CT molecular complexity index is 2070. The molecular weight excluding hydrogens is 520 g/mol. The number of nitrogens with one attached hydrogen (secondary N) is 1. The molecule has 0 unspecified atom stereocenters. The van der Waals surface area contributed by atoms with Crippen LogP contribution in [-0.2, 0) is 6.42 Å². The zero-order valence-electron chi connectivity index (χ0n) is 24.3. The molecule has 1 N–H and O–H groups in total. The Labute approximate surface area is 252 Å². The summed E-state index contributed by atoms with van der Waals surface area (Å²) in [5.74, 6) is 0. The Morgan fingerprint density at radius 1 is 0.651 bits per heavy atom. The lowest BCUT2D eigenvalue weighted by molar-refractivity contribution is 0.986. The number of hydrogen-bond acceptors (Lipinski definition) is 2. The van der Waals surface area contributed by atoms with Gasteiger partial charge in [-0.2, -0.15) is 0 Å². The SMILES string of the molecule is Cc1cccc(C2=CNCC(c3ccc(-c4c5ccccc5c(-c5ccc6c(c5)CCC=C6)c5ccccc45)cc3)=C2)n1. The van der Waals surface area contributed by atoms with Crippen molar-refractivity contribution in [2.24, 2.45) is 0 Å². The molecule has 0 spiro atoms. The number of allylic oxidation sites excluding steroid dienone is 3. The lowest BCUT2D eigenvalue weighted by Gasteiger charge is -2.20. The largest absolute Gasteiger partial charge is 0.386 e. The molecule has 0 atom stereocenters. The van der Waals surface area contributed by atoms with Crippen molar-refractivity contribution in [3.63, 3.8) is 0 Å². The number of aryl methyl sites for hydroxylation is 2. The second-order valence-corrected chi connectivity index (χ2v) is 11.6. The molecule has 0 fully saturated rings. The van der Waals surface area contributed by atoms with Gasteiger partial charge in [-0.25, -0.2) is 0 Å². The smallest absolute Gasteiger partial charge is 0.0719 e. The second-order valence-electron chi connectivity index (χ2n) is 11.6. The maximum atomic E-state index is 4.73. The zero-order valence-corrected chi connectivity index (χ0v) is 24.3. The first-order valence-corrected chi connectivity index (χ1v) is 15.2. The monoisotopic (exact) mass is 552 g/mol. The molecule has 2 heterocycles. The first-order chi connectivity index (χ1) is 21.2. The summed E-state index contributed by atoms with van der Waals surface area (Å²) in [4.78, 5) is 4.73. The fraction of sp³-hybridized carbons (Fsp3) is 0.0976. The Balaban J connectivity index is 1.25. The molecule has 0 amide bonds. The van der Waals surface area contributed by atoms with Gasteiger partial charge in [-0.05, 0) is 104 Å². The summed E-state index contributed by atoms with van der Waals surface area (Å²) >= 11 is 0. The topological polar surface area (TPSA) is 24.9 Å². The highest BCUT2D eigenvalue weighted by atomic mass is 14.8. The van der Waals surface area contributed by atoms with E-state index in [9.17, 15) is 0 Å². The van der Waals surface area contributed by atoms with Gasteiger partial charge in [-0.1, -0.05) is 109 Å². The van der Waals surface area contributed by atoms with E-state index in [1.165, 1.54) is 66.1 Å². The van der Waals surface area contributed by atoms with Crippen molar-refractivity contribution in [3.8, 4) is 22.3 Å². The third kappa shape index (κ3) is 4.56. The number of aromatic nitrogens is 1. The van der Waals surface area contributed by atoms with Gasteiger partial charge >= 0.3 is 0 Å². The van der Waals surface area contributed by atoms with Crippen molar-refractivity contribution in [3.05, 3.63) is 156 Å². The van der Waals surface area contributed by atoms with E-state index in [-0.39, 0.29) is 0 Å². The molecule has 2 heteroatoms. The van der Waals surface area contributed by atoms with Crippen molar-refractivity contribution in [2.75, 3.05) is 6.54 Å². The van der Waals surface area contributed by atoms with Crippen LogP contribution >= 0.6 is 0 Å². The van der Waals surface area contributed by atoms with Crippen molar-refractivity contribution in [1.29, 1.82) is 0 Å². The molecule has 0 bridgehead atoms. The van der Waals surface area contributed by atoms with Crippen LogP contribution in [0.2, 0.25) is 0 Å². The molecule has 2 aliphatic rings. The van der Waals surface area contributed by atoms with Gasteiger partial charge in [0.05, 0.1) is 5.69 Å². The summed E-state index contributed by atoms with van der Waals surface area (Å²) in [5.41, 5.74) is 13.6. The minimum Gasteiger partial charge on any atom is -0.386 e. The number of nitrogens with zero attached hydrogens (tertiary/aromatic N) is 1. The van der Waals surface area contributed by atoms with E-state index in [2.05, 4.69) is 133 Å². The van der Waals surface area contributed by atoms with E-state index in [1.54, 1.807) is 0 Å². The molecule has 8 rings (SSSR count). The number of fused-ring (bicyclic) bond motifs is 3. The molecule has 206 valence electrons.